The highest BCUT2D eigenvalue weighted by atomic mass is 15.1. The van der Waals surface area contributed by atoms with E-state index in [-0.39, 0.29) is 0 Å². The van der Waals surface area contributed by atoms with Crippen LogP contribution in [0.5, 0.6) is 0 Å². The van der Waals surface area contributed by atoms with E-state index < -0.39 is 0 Å². The fourth-order valence-corrected chi connectivity index (χ4v) is 2.34. The van der Waals surface area contributed by atoms with Crippen LogP contribution in [0.4, 0.5) is 5.69 Å². The summed E-state index contributed by atoms with van der Waals surface area (Å²) in [6, 6.07) is 13.2. The molecule has 19 heavy (non-hydrogen) atoms. The molecule has 2 heteroatoms. The van der Waals surface area contributed by atoms with Crippen LogP contribution in [-0.4, -0.2) is 27.2 Å². The summed E-state index contributed by atoms with van der Waals surface area (Å²) < 4.78 is 0. The number of hydrogen-bond donors (Lipinski definition) is 0. The molecule has 0 aliphatic carbocycles. The normalized spacial score (nSPS) is 10.9. The summed E-state index contributed by atoms with van der Waals surface area (Å²) in [6.45, 7) is 4.08. The number of anilines is 1. The minimum Gasteiger partial charge on any atom is -0.377 e. The lowest BCUT2D eigenvalue weighted by molar-refractivity contribution is 0.658. The molecule has 0 aliphatic heterocycles. The second kappa shape index (κ2) is 6.58. The molecule has 0 unspecified atom stereocenters. The maximum absolute atomic E-state index is 4.53. The SMILES string of the molecule is CCC[N]CCc1cc(N(C)C)c2ccccc2c1. The van der Waals surface area contributed by atoms with Gasteiger partial charge in [-0.15, -0.1) is 0 Å². The fourth-order valence-electron chi connectivity index (χ4n) is 2.34. The number of benzene rings is 2. The molecule has 2 nitrogen and oxygen atoms in total. The molecule has 101 valence electrons. The maximum Gasteiger partial charge on any atom is 0.0443 e. The van der Waals surface area contributed by atoms with Crippen LogP contribution in [0.25, 0.3) is 10.8 Å². The monoisotopic (exact) mass is 255 g/mol. The maximum atomic E-state index is 4.53. The van der Waals surface area contributed by atoms with E-state index in [1.807, 2.05) is 0 Å². The van der Waals surface area contributed by atoms with Gasteiger partial charge in [-0.2, -0.15) is 0 Å². The first-order chi connectivity index (χ1) is 9.22. The van der Waals surface area contributed by atoms with Crippen molar-refractivity contribution in [2.75, 3.05) is 32.1 Å². The lowest BCUT2D eigenvalue weighted by atomic mass is 10.0. The summed E-state index contributed by atoms with van der Waals surface area (Å²) in [5.74, 6) is 0. The average molecular weight is 255 g/mol. The van der Waals surface area contributed by atoms with E-state index in [9.17, 15) is 0 Å². The van der Waals surface area contributed by atoms with Gasteiger partial charge in [-0.3, -0.25) is 0 Å². The lowest BCUT2D eigenvalue weighted by Crippen LogP contribution is -2.12. The Kier molecular flexibility index (Phi) is 4.80. The van der Waals surface area contributed by atoms with E-state index in [0.29, 0.717) is 0 Å². The number of hydrogen-bond acceptors (Lipinski definition) is 1. The highest BCUT2D eigenvalue weighted by molar-refractivity contribution is 5.94. The van der Waals surface area contributed by atoms with Crippen molar-refractivity contribution in [1.82, 2.24) is 5.32 Å². The van der Waals surface area contributed by atoms with E-state index in [2.05, 4.69) is 67.6 Å². The third kappa shape index (κ3) is 3.48. The Morgan fingerprint density at radius 1 is 1.05 bits per heavy atom. The van der Waals surface area contributed by atoms with Crippen LogP contribution in [0.2, 0.25) is 0 Å². The predicted molar refractivity (Wildman–Crippen MR) is 84.1 cm³/mol. The van der Waals surface area contributed by atoms with Gasteiger partial charge in [-0.05, 0) is 29.9 Å². The van der Waals surface area contributed by atoms with E-state index in [1.165, 1.54) is 22.0 Å². The van der Waals surface area contributed by atoms with Gasteiger partial charge in [0.1, 0.15) is 0 Å². The molecule has 2 aromatic carbocycles. The van der Waals surface area contributed by atoms with Crippen molar-refractivity contribution in [2.45, 2.75) is 19.8 Å². The van der Waals surface area contributed by atoms with E-state index >= 15 is 0 Å². The summed E-state index contributed by atoms with van der Waals surface area (Å²) in [5.41, 5.74) is 2.67. The molecule has 1 radical (unpaired) electrons. The van der Waals surface area contributed by atoms with Gasteiger partial charge in [-0.1, -0.05) is 37.3 Å². The molecule has 0 N–H and O–H groups in total. The zero-order valence-electron chi connectivity index (χ0n) is 12.2. The molecule has 0 aliphatic rings. The first-order valence-corrected chi connectivity index (χ1v) is 7.04. The molecule has 0 bridgehead atoms. The van der Waals surface area contributed by atoms with Crippen molar-refractivity contribution in [3.05, 3.63) is 42.0 Å². The molecule has 0 saturated carbocycles. The summed E-state index contributed by atoms with van der Waals surface area (Å²) in [7, 11) is 4.21. The largest absolute Gasteiger partial charge is 0.377 e. The molecular weight excluding hydrogens is 232 g/mol. The molecule has 2 rings (SSSR count). The van der Waals surface area contributed by atoms with Crippen molar-refractivity contribution in [1.29, 1.82) is 0 Å². The number of rotatable bonds is 6. The van der Waals surface area contributed by atoms with Gasteiger partial charge in [0, 0.05) is 38.3 Å². The molecule has 0 atom stereocenters. The minimum atomic E-state index is 0.930. The Bertz CT molecular complexity index is 532. The molecule has 0 spiro atoms. The van der Waals surface area contributed by atoms with Crippen LogP contribution in [0, 0.1) is 0 Å². The topological polar surface area (TPSA) is 17.3 Å². The van der Waals surface area contributed by atoms with Crippen LogP contribution >= 0.6 is 0 Å². The highest BCUT2D eigenvalue weighted by Crippen LogP contribution is 2.27. The van der Waals surface area contributed by atoms with Gasteiger partial charge < -0.3 is 4.90 Å². The van der Waals surface area contributed by atoms with Crippen LogP contribution in [-0.2, 0) is 6.42 Å². The summed E-state index contributed by atoms with van der Waals surface area (Å²) >= 11 is 0. The molecule has 0 amide bonds. The van der Waals surface area contributed by atoms with Gasteiger partial charge in [0.25, 0.3) is 0 Å². The van der Waals surface area contributed by atoms with E-state index in [0.717, 1.165) is 25.9 Å². The lowest BCUT2D eigenvalue weighted by Gasteiger charge is -2.17. The van der Waals surface area contributed by atoms with Crippen LogP contribution in [0.15, 0.2) is 36.4 Å². The molecular formula is C17H23N2. The van der Waals surface area contributed by atoms with Gasteiger partial charge in [-0.25, -0.2) is 5.32 Å². The third-order valence-electron chi connectivity index (χ3n) is 3.32. The Balaban J connectivity index is 2.25. The Hall–Kier alpha value is -1.54. The first-order valence-electron chi connectivity index (χ1n) is 7.04. The number of fused-ring (bicyclic) bond motifs is 1. The highest BCUT2D eigenvalue weighted by Gasteiger charge is 2.05. The minimum absolute atomic E-state index is 0.930. The Morgan fingerprint density at radius 2 is 1.84 bits per heavy atom. The Labute approximate surface area is 116 Å². The first kappa shape index (κ1) is 13.9. The smallest absolute Gasteiger partial charge is 0.0443 e. The van der Waals surface area contributed by atoms with Gasteiger partial charge >= 0.3 is 0 Å². The van der Waals surface area contributed by atoms with Crippen molar-refractivity contribution < 1.29 is 0 Å². The zero-order valence-corrected chi connectivity index (χ0v) is 12.2. The number of nitrogens with zero attached hydrogens (tertiary/aromatic N) is 2. The zero-order chi connectivity index (χ0) is 13.7. The molecule has 2 aromatic rings. The Morgan fingerprint density at radius 3 is 2.58 bits per heavy atom. The average Bonchev–Trinajstić information content (AvgIpc) is 2.42. The van der Waals surface area contributed by atoms with Crippen LogP contribution in [0.1, 0.15) is 18.9 Å². The van der Waals surface area contributed by atoms with Crippen molar-refractivity contribution in [2.24, 2.45) is 0 Å². The molecule has 0 fully saturated rings. The standard InChI is InChI=1S/C17H23N2/c1-4-10-18-11-9-14-12-15-7-5-6-8-16(15)17(13-14)19(2)3/h5-8,12-13H,4,9-11H2,1-3H3. The molecule has 0 aromatic heterocycles. The van der Waals surface area contributed by atoms with E-state index in [4.69, 9.17) is 0 Å². The fraction of sp³-hybridized carbons (Fsp3) is 0.412. The molecule has 0 saturated heterocycles. The summed E-state index contributed by atoms with van der Waals surface area (Å²) in [5, 5.41) is 7.17. The van der Waals surface area contributed by atoms with Gasteiger partial charge in [0.15, 0.2) is 0 Å². The van der Waals surface area contributed by atoms with Crippen LogP contribution < -0.4 is 10.2 Å². The summed E-state index contributed by atoms with van der Waals surface area (Å²) in [6.07, 6.45) is 2.17. The van der Waals surface area contributed by atoms with Crippen molar-refractivity contribution in [3.8, 4) is 0 Å². The predicted octanol–water partition coefficient (Wildman–Crippen LogP) is 3.46. The van der Waals surface area contributed by atoms with Crippen molar-refractivity contribution in [3.63, 3.8) is 0 Å². The van der Waals surface area contributed by atoms with Crippen molar-refractivity contribution >= 4 is 16.5 Å². The van der Waals surface area contributed by atoms with E-state index in [1.54, 1.807) is 0 Å². The van der Waals surface area contributed by atoms with Gasteiger partial charge in [0.2, 0.25) is 0 Å². The molecule has 0 heterocycles. The third-order valence-corrected chi connectivity index (χ3v) is 3.32. The second-order valence-corrected chi connectivity index (χ2v) is 5.15. The quantitative estimate of drug-likeness (QED) is 0.723. The second-order valence-electron chi connectivity index (χ2n) is 5.15. The van der Waals surface area contributed by atoms with Crippen LogP contribution in [0.3, 0.4) is 0 Å². The summed E-state index contributed by atoms with van der Waals surface area (Å²) in [4.78, 5) is 2.19. The van der Waals surface area contributed by atoms with Gasteiger partial charge in [0.05, 0.1) is 0 Å².